The highest BCUT2D eigenvalue weighted by atomic mass is 16.5. The summed E-state index contributed by atoms with van der Waals surface area (Å²) in [6.07, 6.45) is 3.29. The number of nitrogens with zero attached hydrogens (tertiary/aromatic N) is 3. The van der Waals surface area contributed by atoms with Gasteiger partial charge in [0.25, 0.3) is 5.56 Å². The third-order valence-corrected chi connectivity index (χ3v) is 5.91. The van der Waals surface area contributed by atoms with Crippen molar-refractivity contribution in [3.63, 3.8) is 0 Å². The highest BCUT2D eigenvalue weighted by Gasteiger charge is 2.31. The third kappa shape index (κ3) is 4.81. The van der Waals surface area contributed by atoms with Gasteiger partial charge in [-0.15, -0.1) is 0 Å². The first-order valence-electron chi connectivity index (χ1n) is 10.8. The molecule has 3 atom stereocenters. The topological polar surface area (TPSA) is 56.6 Å². The second-order valence-corrected chi connectivity index (χ2v) is 8.51. The lowest BCUT2D eigenvalue weighted by atomic mass is 9.90. The summed E-state index contributed by atoms with van der Waals surface area (Å²) in [5.41, 5.74) is 0.721. The molecule has 0 bridgehead atoms. The predicted octanol–water partition coefficient (Wildman–Crippen LogP) is 3.87. The maximum absolute atomic E-state index is 13.4. The molecule has 0 aliphatic carbocycles. The van der Waals surface area contributed by atoms with Crippen LogP contribution in [0.15, 0.2) is 23.0 Å². The summed E-state index contributed by atoms with van der Waals surface area (Å²) in [6, 6.07) is 5.70. The van der Waals surface area contributed by atoms with Crippen molar-refractivity contribution in [3.05, 3.63) is 34.4 Å². The minimum Gasteiger partial charge on any atom is -0.497 e. The van der Waals surface area contributed by atoms with Gasteiger partial charge in [-0.05, 0) is 42.9 Å². The number of hydrogen-bond acceptors (Lipinski definition) is 5. The lowest BCUT2D eigenvalue weighted by Crippen LogP contribution is -2.43. The molecular weight excluding hydrogens is 366 g/mol. The lowest BCUT2D eigenvalue weighted by Gasteiger charge is -2.40. The van der Waals surface area contributed by atoms with E-state index in [0.29, 0.717) is 36.1 Å². The second kappa shape index (κ2) is 9.72. The van der Waals surface area contributed by atoms with Gasteiger partial charge in [0.05, 0.1) is 37.2 Å². The summed E-state index contributed by atoms with van der Waals surface area (Å²) in [7, 11) is 3.28. The van der Waals surface area contributed by atoms with E-state index in [2.05, 4.69) is 25.7 Å². The molecule has 1 aromatic carbocycles. The van der Waals surface area contributed by atoms with Crippen LogP contribution in [0.5, 0.6) is 5.75 Å². The van der Waals surface area contributed by atoms with Crippen LogP contribution in [-0.2, 0) is 11.3 Å². The smallest absolute Gasteiger partial charge is 0.261 e. The monoisotopic (exact) mass is 401 g/mol. The zero-order valence-electron chi connectivity index (χ0n) is 18.5. The van der Waals surface area contributed by atoms with Crippen molar-refractivity contribution in [2.24, 2.45) is 11.8 Å². The summed E-state index contributed by atoms with van der Waals surface area (Å²) in [4.78, 5) is 21.0. The SMILES string of the molecule is CCCC(c1nc2ccc(OC)cc2c(=O)n1CCOC)N1C[C@H](C)C[C@H](C)C1. The predicted molar refractivity (Wildman–Crippen MR) is 117 cm³/mol. The molecule has 2 aromatic rings. The maximum atomic E-state index is 13.4. The molecule has 2 heterocycles. The molecule has 1 unspecified atom stereocenters. The van der Waals surface area contributed by atoms with Crippen molar-refractivity contribution < 1.29 is 9.47 Å². The van der Waals surface area contributed by atoms with Gasteiger partial charge in [0.15, 0.2) is 0 Å². The Hall–Kier alpha value is -1.92. The van der Waals surface area contributed by atoms with Gasteiger partial charge < -0.3 is 9.47 Å². The first-order valence-corrected chi connectivity index (χ1v) is 10.8. The number of aromatic nitrogens is 2. The second-order valence-electron chi connectivity index (χ2n) is 8.51. The molecule has 3 rings (SSSR count). The Morgan fingerprint density at radius 1 is 1.21 bits per heavy atom. The van der Waals surface area contributed by atoms with E-state index >= 15 is 0 Å². The van der Waals surface area contributed by atoms with Gasteiger partial charge in [0, 0.05) is 20.2 Å². The lowest BCUT2D eigenvalue weighted by molar-refractivity contribution is 0.0822. The van der Waals surface area contributed by atoms with E-state index in [-0.39, 0.29) is 11.6 Å². The van der Waals surface area contributed by atoms with Crippen LogP contribution >= 0.6 is 0 Å². The van der Waals surface area contributed by atoms with Crippen molar-refractivity contribution >= 4 is 10.9 Å². The molecule has 6 heteroatoms. The van der Waals surface area contributed by atoms with E-state index in [1.165, 1.54) is 6.42 Å². The van der Waals surface area contributed by atoms with E-state index in [4.69, 9.17) is 14.5 Å². The van der Waals surface area contributed by atoms with Crippen molar-refractivity contribution in [2.75, 3.05) is 33.9 Å². The first-order chi connectivity index (χ1) is 14.0. The van der Waals surface area contributed by atoms with Gasteiger partial charge in [-0.1, -0.05) is 27.2 Å². The normalized spacial score (nSPS) is 21.4. The van der Waals surface area contributed by atoms with Crippen LogP contribution < -0.4 is 10.3 Å². The Morgan fingerprint density at radius 2 is 1.93 bits per heavy atom. The number of piperidine rings is 1. The van der Waals surface area contributed by atoms with E-state index in [1.807, 2.05) is 16.7 Å². The number of rotatable bonds is 8. The van der Waals surface area contributed by atoms with Crippen LogP contribution in [0.3, 0.4) is 0 Å². The fraction of sp³-hybridized carbons (Fsp3) is 0.652. The molecule has 1 aliphatic heterocycles. The average Bonchev–Trinajstić information content (AvgIpc) is 2.70. The number of ether oxygens (including phenoxy) is 2. The van der Waals surface area contributed by atoms with Gasteiger partial charge in [-0.2, -0.15) is 0 Å². The highest BCUT2D eigenvalue weighted by Crippen LogP contribution is 2.32. The van der Waals surface area contributed by atoms with E-state index in [0.717, 1.165) is 37.3 Å². The molecular formula is C23H35N3O3. The van der Waals surface area contributed by atoms with Gasteiger partial charge in [-0.3, -0.25) is 14.3 Å². The molecule has 29 heavy (non-hydrogen) atoms. The summed E-state index contributed by atoms with van der Waals surface area (Å²) in [5, 5.41) is 0.597. The van der Waals surface area contributed by atoms with Crippen LogP contribution in [0.1, 0.15) is 51.9 Å². The van der Waals surface area contributed by atoms with Crippen LogP contribution in [0.4, 0.5) is 0 Å². The van der Waals surface area contributed by atoms with Gasteiger partial charge in [0.1, 0.15) is 11.6 Å². The zero-order valence-corrected chi connectivity index (χ0v) is 18.5. The van der Waals surface area contributed by atoms with Crippen LogP contribution in [0.2, 0.25) is 0 Å². The first kappa shape index (κ1) is 21.8. The maximum Gasteiger partial charge on any atom is 0.261 e. The van der Waals surface area contributed by atoms with Crippen molar-refractivity contribution in [2.45, 2.75) is 52.6 Å². The van der Waals surface area contributed by atoms with Crippen molar-refractivity contribution in [1.82, 2.24) is 14.5 Å². The van der Waals surface area contributed by atoms with E-state index in [9.17, 15) is 4.79 Å². The van der Waals surface area contributed by atoms with Crippen LogP contribution in [0.25, 0.3) is 10.9 Å². The number of fused-ring (bicyclic) bond motifs is 1. The quantitative estimate of drug-likeness (QED) is 0.672. The van der Waals surface area contributed by atoms with Gasteiger partial charge in [0.2, 0.25) is 0 Å². The van der Waals surface area contributed by atoms with Crippen molar-refractivity contribution in [3.8, 4) is 5.75 Å². The molecule has 0 saturated carbocycles. The third-order valence-electron chi connectivity index (χ3n) is 5.91. The van der Waals surface area contributed by atoms with E-state index < -0.39 is 0 Å². The zero-order chi connectivity index (χ0) is 21.0. The molecule has 0 N–H and O–H groups in total. The Bertz CT molecular complexity index is 870. The Labute approximate surface area is 173 Å². The minimum atomic E-state index is -0.0137. The largest absolute Gasteiger partial charge is 0.497 e. The van der Waals surface area contributed by atoms with E-state index in [1.54, 1.807) is 20.3 Å². The van der Waals surface area contributed by atoms with Crippen molar-refractivity contribution in [1.29, 1.82) is 0 Å². The molecule has 1 aromatic heterocycles. The summed E-state index contributed by atoms with van der Waals surface area (Å²) < 4.78 is 12.5. The molecule has 0 spiro atoms. The molecule has 6 nitrogen and oxygen atoms in total. The average molecular weight is 402 g/mol. The highest BCUT2D eigenvalue weighted by molar-refractivity contribution is 5.79. The Kier molecular flexibility index (Phi) is 7.30. The molecule has 0 radical (unpaired) electrons. The summed E-state index contributed by atoms with van der Waals surface area (Å²) in [6.45, 7) is 9.94. The number of hydrogen-bond donors (Lipinski definition) is 0. The Morgan fingerprint density at radius 3 is 2.55 bits per heavy atom. The van der Waals surface area contributed by atoms with Gasteiger partial charge >= 0.3 is 0 Å². The molecule has 0 amide bonds. The number of likely N-dealkylation sites (tertiary alicyclic amines) is 1. The minimum absolute atomic E-state index is 0.0137. The fourth-order valence-corrected chi connectivity index (χ4v) is 4.71. The fourth-order valence-electron chi connectivity index (χ4n) is 4.71. The Balaban J connectivity index is 2.13. The van der Waals surface area contributed by atoms with Gasteiger partial charge in [-0.25, -0.2) is 4.98 Å². The molecule has 1 saturated heterocycles. The molecule has 1 fully saturated rings. The molecule has 160 valence electrons. The number of methoxy groups -OCH3 is 2. The summed E-state index contributed by atoms with van der Waals surface area (Å²) in [5.74, 6) is 2.85. The number of benzene rings is 1. The summed E-state index contributed by atoms with van der Waals surface area (Å²) >= 11 is 0. The van der Waals surface area contributed by atoms with Crippen LogP contribution in [-0.4, -0.2) is 48.4 Å². The van der Waals surface area contributed by atoms with Crippen LogP contribution in [0, 0.1) is 11.8 Å². The standard InChI is InChI=1S/C23H35N3O3/c1-6-7-21(25-14-16(2)12-17(3)15-25)22-24-20-9-8-18(29-5)13-19(20)23(27)26(22)10-11-28-4/h8-9,13,16-17,21H,6-7,10-12,14-15H2,1-5H3/t16-,17+,21?. The molecule has 1 aliphatic rings.